The van der Waals surface area contributed by atoms with Crippen molar-refractivity contribution in [2.75, 3.05) is 24.3 Å². The Morgan fingerprint density at radius 2 is 1.94 bits per heavy atom. The van der Waals surface area contributed by atoms with Gasteiger partial charge < -0.3 is 20.5 Å². The second-order valence-corrected chi connectivity index (χ2v) is 7.92. The van der Waals surface area contributed by atoms with Crippen molar-refractivity contribution in [3.8, 4) is 5.75 Å². The Kier molecular flexibility index (Phi) is 5.81. The highest BCUT2D eigenvalue weighted by Crippen LogP contribution is 2.34. The summed E-state index contributed by atoms with van der Waals surface area (Å²) in [6.07, 6.45) is -3.75. The molecule has 3 heterocycles. The lowest BCUT2D eigenvalue weighted by Crippen LogP contribution is -2.17. The molecule has 0 unspecified atom stereocenters. The van der Waals surface area contributed by atoms with Gasteiger partial charge in [-0.2, -0.15) is 13.2 Å². The SMILES string of the molecule is Cc1nc(N[C@H](C)c2cc(N)cc(C(F)(F)F)c2)c2cc(O[C@H]3CCOC3)c(C)nc2n1. The quantitative estimate of drug-likeness (QED) is 0.553. The van der Waals surface area contributed by atoms with E-state index >= 15 is 0 Å². The molecule has 3 aromatic rings. The first-order valence-corrected chi connectivity index (χ1v) is 10.2. The normalized spacial score (nSPS) is 17.5. The number of hydrogen-bond donors (Lipinski definition) is 2. The monoisotopic (exact) mass is 447 g/mol. The molecule has 7 nitrogen and oxygen atoms in total. The fourth-order valence-corrected chi connectivity index (χ4v) is 3.63. The number of aryl methyl sites for hydroxylation is 2. The summed E-state index contributed by atoms with van der Waals surface area (Å²) in [5.74, 6) is 1.54. The highest BCUT2D eigenvalue weighted by molar-refractivity contribution is 5.88. The summed E-state index contributed by atoms with van der Waals surface area (Å²) < 4.78 is 51.1. The first-order chi connectivity index (χ1) is 15.1. The van der Waals surface area contributed by atoms with E-state index < -0.39 is 17.8 Å². The zero-order valence-corrected chi connectivity index (χ0v) is 18.0. The van der Waals surface area contributed by atoms with Crippen LogP contribution in [0.3, 0.4) is 0 Å². The standard InChI is InChI=1S/C22H24F3N5O2/c1-11(14-6-15(22(23,24)25)8-16(26)7-14)27-20-18-9-19(32-17-4-5-31-10-17)12(2)28-21(18)30-13(3)29-20/h6-9,11,17H,4-5,10,26H2,1-3H3,(H,27,28,29,30)/t11-,17+/m1/s1. The number of nitrogen functional groups attached to an aromatic ring is 1. The number of pyridine rings is 1. The van der Waals surface area contributed by atoms with Crippen molar-refractivity contribution in [2.45, 2.75) is 45.5 Å². The summed E-state index contributed by atoms with van der Waals surface area (Å²) >= 11 is 0. The molecule has 2 atom stereocenters. The van der Waals surface area contributed by atoms with Gasteiger partial charge in [0, 0.05) is 12.1 Å². The average molecular weight is 447 g/mol. The number of alkyl halides is 3. The van der Waals surface area contributed by atoms with Crippen LogP contribution in [0.1, 0.15) is 42.0 Å². The molecule has 1 aliphatic heterocycles. The number of benzene rings is 1. The van der Waals surface area contributed by atoms with Gasteiger partial charge in [-0.25, -0.2) is 15.0 Å². The minimum absolute atomic E-state index is 0.0407. The van der Waals surface area contributed by atoms with Crippen LogP contribution < -0.4 is 15.8 Å². The van der Waals surface area contributed by atoms with E-state index in [9.17, 15) is 13.2 Å². The van der Waals surface area contributed by atoms with E-state index in [0.717, 1.165) is 18.6 Å². The van der Waals surface area contributed by atoms with Crippen LogP contribution in [0.4, 0.5) is 24.7 Å². The number of nitrogens with zero attached hydrogens (tertiary/aromatic N) is 3. The first-order valence-electron chi connectivity index (χ1n) is 10.2. The summed E-state index contributed by atoms with van der Waals surface area (Å²) in [5.41, 5.74) is 6.52. The van der Waals surface area contributed by atoms with Crippen LogP contribution in [0, 0.1) is 13.8 Å². The molecule has 3 N–H and O–H groups in total. The van der Waals surface area contributed by atoms with Crippen LogP contribution in [0.2, 0.25) is 0 Å². The van der Waals surface area contributed by atoms with Gasteiger partial charge in [-0.15, -0.1) is 0 Å². The van der Waals surface area contributed by atoms with Crippen molar-refractivity contribution < 1.29 is 22.6 Å². The first kappa shape index (κ1) is 22.1. The zero-order chi connectivity index (χ0) is 23.0. The Bertz CT molecular complexity index is 1150. The lowest BCUT2D eigenvalue weighted by atomic mass is 10.0. The van der Waals surface area contributed by atoms with Crippen molar-refractivity contribution in [2.24, 2.45) is 0 Å². The van der Waals surface area contributed by atoms with Crippen molar-refractivity contribution in [1.82, 2.24) is 15.0 Å². The summed E-state index contributed by atoms with van der Waals surface area (Å²) in [5, 5.41) is 3.81. The predicted octanol–water partition coefficient (Wildman–Crippen LogP) is 4.58. The van der Waals surface area contributed by atoms with Gasteiger partial charge in [-0.05, 0) is 50.6 Å². The van der Waals surface area contributed by atoms with Gasteiger partial charge in [0.25, 0.3) is 0 Å². The van der Waals surface area contributed by atoms with Gasteiger partial charge >= 0.3 is 6.18 Å². The van der Waals surface area contributed by atoms with Crippen molar-refractivity contribution >= 4 is 22.5 Å². The molecule has 0 amide bonds. The summed E-state index contributed by atoms with van der Waals surface area (Å²) in [6, 6.07) is 4.82. The van der Waals surface area contributed by atoms with Gasteiger partial charge in [0.15, 0.2) is 5.65 Å². The molecule has 1 saturated heterocycles. The van der Waals surface area contributed by atoms with E-state index in [2.05, 4.69) is 20.3 Å². The lowest BCUT2D eigenvalue weighted by Gasteiger charge is -2.20. The van der Waals surface area contributed by atoms with Crippen LogP contribution in [-0.4, -0.2) is 34.3 Å². The fraction of sp³-hybridized carbons (Fsp3) is 0.409. The minimum Gasteiger partial charge on any atom is -0.486 e. The number of anilines is 2. The Morgan fingerprint density at radius 1 is 1.16 bits per heavy atom. The maximum atomic E-state index is 13.2. The number of ether oxygens (including phenoxy) is 2. The van der Waals surface area contributed by atoms with Crippen LogP contribution in [0.5, 0.6) is 5.75 Å². The van der Waals surface area contributed by atoms with E-state index in [1.54, 1.807) is 13.8 Å². The largest absolute Gasteiger partial charge is 0.486 e. The Hall–Kier alpha value is -3.14. The number of rotatable bonds is 5. The summed E-state index contributed by atoms with van der Waals surface area (Å²) in [7, 11) is 0. The number of hydrogen-bond acceptors (Lipinski definition) is 7. The highest BCUT2D eigenvalue weighted by atomic mass is 19.4. The van der Waals surface area contributed by atoms with Crippen molar-refractivity contribution in [3.05, 3.63) is 46.9 Å². The molecule has 1 aliphatic rings. The second kappa shape index (κ2) is 8.42. The van der Waals surface area contributed by atoms with Crippen molar-refractivity contribution in [3.63, 3.8) is 0 Å². The molecule has 0 bridgehead atoms. The minimum atomic E-state index is -4.49. The van der Waals surface area contributed by atoms with Crippen molar-refractivity contribution in [1.29, 1.82) is 0 Å². The Morgan fingerprint density at radius 3 is 2.62 bits per heavy atom. The number of nitrogens with one attached hydrogen (secondary N) is 1. The topological polar surface area (TPSA) is 95.2 Å². The molecule has 0 spiro atoms. The summed E-state index contributed by atoms with van der Waals surface area (Å²) in [6.45, 7) is 6.48. The molecular weight excluding hydrogens is 423 g/mol. The molecular formula is C22H24F3N5O2. The molecule has 170 valence electrons. The Balaban J connectivity index is 1.69. The van der Waals surface area contributed by atoms with Crippen LogP contribution in [0.15, 0.2) is 24.3 Å². The molecule has 2 aromatic heterocycles. The van der Waals surface area contributed by atoms with Gasteiger partial charge in [-0.3, -0.25) is 0 Å². The third-order valence-corrected chi connectivity index (χ3v) is 5.28. The van der Waals surface area contributed by atoms with Gasteiger partial charge in [0.1, 0.15) is 23.5 Å². The molecule has 0 aliphatic carbocycles. The van der Waals surface area contributed by atoms with Gasteiger partial charge in [0.2, 0.25) is 0 Å². The maximum absolute atomic E-state index is 13.2. The molecule has 4 rings (SSSR count). The number of nitrogens with two attached hydrogens (primary N) is 1. The smallest absolute Gasteiger partial charge is 0.416 e. The highest BCUT2D eigenvalue weighted by Gasteiger charge is 2.31. The van der Waals surface area contributed by atoms with E-state index in [0.29, 0.717) is 52.9 Å². The van der Waals surface area contributed by atoms with Gasteiger partial charge in [0.05, 0.1) is 35.9 Å². The molecule has 32 heavy (non-hydrogen) atoms. The zero-order valence-electron chi connectivity index (χ0n) is 18.0. The van der Waals surface area contributed by atoms with Crippen LogP contribution in [0.25, 0.3) is 11.0 Å². The molecule has 1 aromatic carbocycles. The second-order valence-electron chi connectivity index (χ2n) is 7.92. The third-order valence-electron chi connectivity index (χ3n) is 5.28. The molecule has 0 saturated carbocycles. The summed E-state index contributed by atoms with van der Waals surface area (Å²) in [4.78, 5) is 13.4. The van der Waals surface area contributed by atoms with Crippen LogP contribution >= 0.6 is 0 Å². The fourth-order valence-electron chi connectivity index (χ4n) is 3.63. The molecule has 1 fully saturated rings. The third kappa shape index (κ3) is 4.69. The number of halogens is 3. The number of aromatic nitrogens is 3. The Labute approximate surface area is 183 Å². The van der Waals surface area contributed by atoms with Crippen LogP contribution in [-0.2, 0) is 10.9 Å². The average Bonchev–Trinajstić information content (AvgIpc) is 3.21. The van der Waals surface area contributed by atoms with E-state index in [1.165, 1.54) is 6.07 Å². The lowest BCUT2D eigenvalue weighted by molar-refractivity contribution is -0.137. The maximum Gasteiger partial charge on any atom is 0.416 e. The molecule has 10 heteroatoms. The predicted molar refractivity (Wildman–Crippen MR) is 115 cm³/mol. The van der Waals surface area contributed by atoms with E-state index in [-0.39, 0.29) is 11.8 Å². The number of fused-ring (bicyclic) bond motifs is 1. The van der Waals surface area contributed by atoms with E-state index in [4.69, 9.17) is 15.2 Å². The van der Waals surface area contributed by atoms with Gasteiger partial charge in [-0.1, -0.05) is 0 Å². The van der Waals surface area contributed by atoms with E-state index in [1.807, 2.05) is 13.0 Å². The molecule has 0 radical (unpaired) electrons.